The Bertz CT molecular complexity index is 1190. The second-order valence-corrected chi connectivity index (χ2v) is 9.08. The average molecular weight is 488 g/mol. The first-order valence-electron chi connectivity index (χ1n) is 10.3. The van der Waals surface area contributed by atoms with Gasteiger partial charge in [0.15, 0.2) is 0 Å². The molecule has 4 rings (SSSR count). The Morgan fingerprint density at radius 2 is 1.88 bits per heavy atom. The van der Waals surface area contributed by atoms with Crippen molar-refractivity contribution in [1.82, 2.24) is 15.1 Å². The molecule has 33 heavy (non-hydrogen) atoms. The van der Waals surface area contributed by atoms with Crippen molar-refractivity contribution in [3.63, 3.8) is 0 Å². The Labute approximate surface area is 199 Å². The maximum atomic E-state index is 12.7. The predicted octanol–water partition coefficient (Wildman–Crippen LogP) is 4.36. The average Bonchev–Trinajstić information content (AvgIpc) is 3.28. The van der Waals surface area contributed by atoms with Gasteiger partial charge < -0.3 is 14.2 Å². The van der Waals surface area contributed by atoms with Crippen molar-refractivity contribution in [3.8, 4) is 11.5 Å². The second-order valence-electron chi connectivity index (χ2n) is 7.72. The van der Waals surface area contributed by atoms with Gasteiger partial charge in [-0.2, -0.15) is 0 Å². The Kier molecular flexibility index (Phi) is 6.85. The molecule has 0 radical (unpaired) electrons. The fraction of sp³-hybridized carbons (Fsp3) is 0.318. The normalized spacial score (nSPS) is 13.9. The Balaban J connectivity index is 1.32. The summed E-state index contributed by atoms with van der Waals surface area (Å²) in [5.74, 6) is 0.553. The minimum absolute atomic E-state index is 0.0335. The molecular formula is C22H22ClN5O4S. The van der Waals surface area contributed by atoms with Gasteiger partial charge in [0.05, 0.1) is 10.7 Å². The number of nitro benzene ring substituents is 1. The van der Waals surface area contributed by atoms with Crippen molar-refractivity contribution in [2.75, 3.05) is 36.8 Å². The standard InChI is InChI=1S/C22H22ClN5O4S/c1-14-3-4-16(11-15(14)2)21-24-25-22(32-21)33-13-20(29)27-9-7-26(8-10-27)18-6-5-17(23)12-19(18)28(30)31/h3-6,11-12H,7-10,13H2,1-2H3. The van der Waals surface area contributed by atoms with Crippen LogP contribution in [0.3, 0.4) is 0 Å². The second kappa shape index (κ2) is 9.80. The van der Waals surface area contributed by atoms with E-state index in [4.69, 9.17) is 16.0 Å². The van der Waals surface area contributed by atoms with Crippen molar-refractivity contribution in [2.45, 2.75) is 19.1 Å². The number of aryl methyl sites for hydroxylation is 2. The predicted molar refractivity (Wildman–Crippen MR) is 127 cm³/mol. The van der Waals surface area contributed by atoms with Crippen molar-refractivity contribution >= 4 is 40.6 Å². The molecule has 0 spiro atoms. The lowest BCUT2D eigenvalue weighted by atomic mass is 10.1. The van der Waals surface area contributed by atoms with Crippen LogP contribution in [0, 0.1) is 24.0 Å². The molecular weight excluding hydrogens is 466 g/mol. The smallest absolute Gasteiger partial charge is 0.294 e. The minimum atomic E-state index is -0.439. The highest BCUT2D eigenvalue weighted by molar-refractivity contribution is 7.99. The highest BCUT2D eigenvalue weighted by Gasteiger charge is 2.26. The summed E-state index contributed by atoms with van der Waals surface area (Å²) in [6.07, 6.45) is 0. The molecule has 11 heteroatoms. The van der Waals surface area contributed by atoms with Crippen LogP contribution in [0.5, 0.6) is 0 Å². The van der Waals surface area contributed by atoms with E-state index in [2.05, 4.69) is 10.2 Å². The molecule has 0 saturated carbocycles. The lowest BCUT2D eigenvalue weighted by Crippen LogP contribution is -2.49. The van der Waals surface area contributed by atoms with E-state index in [1.165, 1.54) is 23.4 Å². The molecule has 0 unspecified atom stereocenters. The molecule has 0 N–H and O–H groups in total. The fourth-order valence-electron chi connectivity index (χ4n) is 3.58. The first-order chi connectivity index (χ1) is 15.8. The third kappa shape index (κ3) is 5.28. The number of piperazine rings is 1. The first kappa shape index (κ1) is 23.1. The van der Waals surface area contributed by atoms with Crippen LogP contribution in [0.1, 0.15) is 11.1 Å². The maximum absolute atomic E-state index is 12.7. The summed E-state index contributed by atoms with van der Waals surface area (Å²) in [5, 5.41) is 20.1. The zero-order chi connectivity index (χ0) is 23.5. The van der Waals surface area contributed by atoms with Gasteiger partial charge in [-0.15, -0.1) is 10.2 Å². The molecule has 1 aromatic heterocycles. The van der Waals surface area contributed by atoms with Crippen LogP contribution in [0.2, 0.25) is 5.02 Å². The van der Waals surface area contributed by atoms with Gasteiger partial charge in [0.1, 0.15) is 5.69 Å². The van der Waals surface area contributed by atoms with E-state index in [1.54, 1.807) is 17.0 Å². The Hall–Kier alpha value is -3.11. The minimum Gasteiger partial charge on any atom is -0.411 e. The van der Waals surface area contributed by atoms with Crippen LogP contribution < -0.4 is 4.90 Å². The lowest BCUT2D eigenvalue weighted by Gasteiger charge is -2.35. The number of halogens is 1. The molecule has 2 aromatic carbocycles. The van der Waals surface area contributed by atoms with Crippen LogP contribution in [0.4, 0.5) is 11.4 Å². The molecule has 1 amide bonds. The number of nitro groups is 1. The molecule has 3 aromatic rings. The van der Waals surface area contributed by atoms with Crippen molar-refractivity contribution in [3.05, 3.63) is 62.7 Å². The number of aromatic nitrogens is 2. The highest BCUT2D eigenvalue weighted by atomic mass is 35.5. The van der Waals surface area contributed by atoms with E-state index in [0.717, 1.165) is 11.1 Å². The molecule has 0 aliphatic carbocycles. The number of hydrogen-bond acceptors (Lipinski definition) is 8. The van der Waals surface area contributed by atoms with Gasteiger partial charge in [-0.05, 0) is 49.2 Å². The summed E-state index contributed by atoms with van der Waals surface area (Å²) in [6, 6.07) is 10.6. The number of hydrogen-bond donors (Lipinski definition) is 0. The zero-order valence-corrected chi connectivity index (χ0v) is 19.7. The lowest BCUT2D eigenvalue weighted by molar-refractivity contribution is -0.384. The van der Waals surface area contributed by atoms with E-state index in [9.17, 15) is 14.9 Å². The molecule has 1 aliphatic heterocycles. The van der Waals surface area contributed by atoms with Gasteiger partial charge in [-0.3, -0.25) is 14.9 Å². The molecule has 172 valence electrons. The summed E-state index contributed by atoms with van der Waals surface area (Å²) >= 11 is 7.10. The van der Waals surface area contributed by atoms with Crippen LogP contribution in [-0.2, 0) is 4.79 Å². The van der Waals surface area contributed by atoms with Crippen LogP contribution in [0.15, 0.2) is 46.0 Å². The number of carbonyl (C=O) groups excluding carboxylic acids is 1. The third-order valence-electron chi connectivity index (χ3n) is 5.59. The summed E-state index contributed by atoms with van der Waals surface area (Å²) in [6.45, 7) is 5.99. The van der Waals surface area contributed by atoms with Crippen LogP contribution >= 0.6 is 23.4 Å². The highest BCUT2D eigenvalue weighted by Crippen LogP contribution is 2.32. The molecule has 0 bridgehead atoms. The van der Waals surface area contributed by atoms with Crippen molar-refractivity contribution < 1.29 is 14.1 Å². The maximum Gasteiger partial charge on any atom is 0.294 e. The summed E-state index contributed by atoms with van der Waals surface area (Å²) < 4.78 is 5.71. The number of rotatable bonds is 6. The Morgan fingerprint density at radius 3 is 2.58 bits per heavy atom. The quantitative estimate of drug-likeness (QED) is 0.287. The molecule has 1 fully saturated rings. The summed E-state index contributed by atoms with van der Waals surface area (Å²) in [5.41, 5.74) is 3.64. The zero-order valence-electron chi connectivity index (χ0n) is 18.2. The number of benzene rings is 2. The number of nitrogens with zero attached hydrogens (tertiary/aromatic N) is 5. The number of carbonyl (C=O) groups is 1. The van der Waals surface area contributed by atoms with E-state index in [0.29, 0.717) is 48.0 Å². The summed E-state index contributed by atoms with van der Waals surface area (Å²) in [7, 11) is 0. The van der Waals surface area contributed by atoms with Gasteiger partial charge in [-0.25, -0.2) is 0 Å². The van der Waals surface area contributed by atoms with Crippen molar-refractivity contribution in [1.29, 1.82) is 0 Å². The number of anilines is 1. The molecule has 9 nitrogen and oxygen atoms in total. The van der Waals surface area contributed by atoms with Gasteiger partial charge in [0.25, 0.3) is 10.9 Å². The van der Waals surface area contributed by atoms with Gasteiger partial charge in [0, 0.05) is 42.8 Å². The molecule has 1 aliphatic rings. The fourth-order valence-corrected chi connectivity index (χ4v) is 4.41. The third-order valence-corrected chi connectivity index (χ3v) is 6.62. The Morgan fingerprint density at radius 1 is 1.12 bits per heavy atom. The monoisotopic (exact) mass is 487 g/mol. The number of amides is 1. The molecule has 1 saturated heterocycles. The SMILES string of the molecule is Cc1ccc(-c2nnc(SCC(=O)N3CCN(c4ccc(Cl)cc4[N+](=O)[O-])CC3)o2)cc1C. The van der Waals surface area contributed by atoms with Crippen LogP contribution in [0.25, 0.3) is 11.5 Å². The van der Waals surface area contributed by atoms with Gasteiger partial charge in [0.2, 0.25) is 11.8 Å². The van der Waals surface area contributed by atoms with E-state index < -0.39 is 4.92 Å². The van der Waals surface area contributed by atoms with Crippen LogP contribution in [-0.4, -0.2) is 57.9 Å². The van der Waals surface area contributed by atoms with E-state index in [1.807, 2.05) is 36.9 Å². The van der Waals surface area contributed by atoms with Gasteiger partial charge in [-0.1, -0.05) is 29.4 Å². The first-order valence-corrected chi connectivity index (χ1v) is 11.7. The largest absolute Gasteiger partial charge is 0.411 e. The summed E-state index contributed by atoms with van der Waals surface area (Å²) in [4.78, 5) is 27.2. The topological polar surface area (TPSA) is 106 Å². The molecule has 0 atom stereocenters. The van der Waals surface area contributed by atoms with Gasteiger partial charge >= 0.3 is 0 Å². The molecule has 2 heterocycles. The van der Waals surface area contributed by atoms with E-state index >= 15 is 0 Å². The van der Waals surface area contributed by atoms with Crippen molar-refractivity contribution in [2.24, 2.45) is 0 Å². The number of thioether (sulfide) groups is 1. The van der Waals surface area contributed by atoms with E-state index in [-0.39, 0.29) is 17.3 Å².